The fraction of sp³-hybridized carbons (Fsp3) is 0.615. The van der Waals surface area contributed by atoms with Gasteiger partial charge in [-0.3, -0.25) is 4.79 Å². The highest BCUT2D eigenvalue weighted by atomic mass is 16.1. The summed E-state index contributed by atoms with van der Waals surface area (Å²) in [6, 6.07) is 0. The van der Waals surface area contributed by atoms with E-state index in [0.29, 0.717) is 0 Å². The number of carbonyl (C=O) groups is 1. The van der Waals surface area contributed by atoms with Crippen LogP contribution in [0.1, 0.15) is 47.5 Å². The molecule has 1 heteroatoms. The van der Waals surface area contributed by atoms with E-state index in [9.17, 15) is 4.79 Å². The Bertz CT molecular complexity index is 176. The highest BCUT2D eigenvalue weighted by Gasteiger charge is 1.85. The first-order valence-electron chi connectivity index (χ1n) is 5.34. The monoisotopic (exact) mass is 196 g/mol. The van der Waals surface area contributed by atoms with Gasteiger partial charge in [0.2, 0.25) is 0 Å². The molecule has 0 aliphatic heterocycles. The van der Waals surface area contributed by atoms with Crippen LogP contribution in [0.15, 0.2) is 24.3 Å². The van der Waals surface area contributed by atoms with Crippen molar-refractivity contribution in [1.29, 1.82) is 0 Å². The third-order valence-corrected chi connectivity index (χ3v) is 1.50. The first-order valence-corrected chi connectivity index (χ1v) is 5.34. The van der Waals surface area contributed by atoms with Gasteiger partial charge in [0.1, 0.15) is 0 Å². The highest BCUT2D eigenvalue weighted by molar-refractivity contribution is 5.87. The average molecular weight is 196 g/mol. The SMILES string of the molecule is C/C=C\C=C/C(C)=O.CCCC(C)C. The molecule has 0 saturated heterocycles. The predicted octanol–water partition coefficient (Wildman–Crippen LogP) is 4.15. The van der Waals surface area contributed by atoms with Crippen LogP contribution in [0.5, 0.6) is 0 Å². The molecule has 14 heavy (non-hydrogen) atoms. The molecule has 82 valence electrons. The molecule has 0 saturated carbocycles. The summed E-state index contributed by atoms with van der Waals surface area (Å²) in [5.74, 6) is 0.984. The topological polar surface area (TPSA) is 17.1 Å². The first-order chi connectivity index (χ1) is 6.54. The molecule has 0 unspecified atom stereocenters. The molecule has 0 rings (SSSR count). The first kappa shape index (κ1) is 15.6. The lowest BCUT2D eigenvalue weighted by Gasteiger charge is -1.95. The molecule has 0 bridgehead atoms. The second-order valence-corrected chi connectivity index (χ2v) is 3.68. The van der Waals surface area contributed by atoms with Crippen molar-refractivity contribution in [3.63, 3.8) is 0 Å². The third-order valence-electron chi connectivity index (χ3n) is 1.50. The smallest absolute Gasteiger partial charge is 0.152 e. The third kappa shape index (κ3) is 22.5. The van der Waals surface area contributed by atoms with Crippen LogP contribution in [-0.2, 0) is 4.79 Å². The standard InChI is InChI=1S/C7H10O.C6H14/c1-3-4-5-6-7(2)8;1-4-5-6(2)3/h3-6H,1-2H3;6H,4-5H2,1-3H3/b4-3-,6-5-;. The van der Waals surface area contributed by atoms with Crippen LogP contribution in [0.25, 0.3) is 0 Å². The van der Waals surface area contributed by atoms with Gasteiger partial charge in [-0.1, -0.05) is 51.8 Å². The Balaban J connectivity index is 0. The number of carbonyl (C=O) groups excluding carboxylic acids is 1. The Morgan fingerprint density at radius 3 is 2.07 bits per heavy atom. The van der Waals surface area contributed by atoms with E-state index in [4.69, 9.17) is 0 Å². The van der Waals surface area contributed by atoms with Gasteiger partial charge in [-0.25, -0.2) is 0 Å². The molecule has 0 aromatic carbocycles. The predicted molar refractivity (Wildman–Crippen MR) is 64.4 cm³/mol. The van der Waals surface area contributed by atoms with Crippen LogP contribution >= 0.6 is 0 Å². The lowest BCUT2D eigenvalue weighted by Crippen LogP contribution is -1.81. The average Bonchev–Trinajstić information content (AvgIpc) is 2.05. The highest BCUT2D eigenvalue weighted by Crippen LogP contribution is 2.00. The molecule has 0 radical (unpaired) electrons. The van der Waals surface area contributed by atoms with Crippen LogP contribution < -0.4 is 0 Å². The van der Waals surface area contributed by atoms with Crippen molar-refractivity contribution in [2.45, 2.75) is 47.5 Å². The molecular weight excluding hydrogens is 172 g/mol. The Kier molecular flexibility index (Phi) is 13.6. The van der Waals surface area contributed by atoms with Gasteiger partial charge in [0.05, 0.1) is 0 Å². The van der Waals surface area contributed by atoms with Gasteiger partial charge < -0.3 is 0 Å². The van der Waals surface area contributed by atoms with Crippen molar-refractivity contribution in [3.8, 4) is 0 Å². The van der Waals surface area contributed by atoms with Crippen molar-refractivity contribution >= 4 is 5.78 Å². The summed E-state index contributed by atoms with van der Waals surface area (Å²) in [7, 11) is 0. The van der Waals surface area contributed by atoms with Crippen LogP contribution in [0.2, 0.25) is 0 Å². The zero-order valence-electron chi connectivity index (χ0n) is 10.2. The number of allylic oxidation sites excluding steroid dienone is 4. The zero-order valence-corrected chi connectivity index (χ0v) is 10.2. The fourth-order valence-corrected chi connectivity index (χ4v) is 0.880. The lowest BCUT2D eigenvalue weighted by atomic mass is 10.1. The van der Waals surface area contributed by atoms with Crippen molar-refractivity contribution in [2.75, 3.05) is 0 Å². The Labute approximate surface area is 88.9 Å². The van der Waals surface area contributed by atoms with E-state index in [0.717, 1.165) is 5.92 Å². The summed E-state index contributed by atoms with van der Waals surface area (Å²) >= 11 is 0. The van der Waals surface area contributed by atoms with E-state index < -0.39 is 0 Å². The molecule has 0 aromatic rings. The molecule has 0 aromatic heterocycles. The zero-order chi connectivity index (χ0) is 11.4. The largest absolute Gasteiger partial charge is 0.295 e. The summed E-state index contributed by atoms with van der Waals surface area (Å²) in [6.07, 6.45) is 9.65. The maximum Gasteiger partial charge on any atom is 0.152 e. The molecule has 1 nitrogen and oxygen atoms in total. The Hall–Kier alpha value is -0.850. The van der Waals surface area contributed by atoms with Gasteiger partial charge in [0, 0.05) is 0 Å². The van der Waals surface area contributed by atoms with Gasteiger partial charge in [0.15, 0.2) is 5.78 Å². The molecule has 0 heterocycles. The maximum atomic E-state index is 10.2. The minimum absolute atomic E-state index is 0.0862. The van der Waals surface area contributed by atoms with E-state index >= 15 is 0 Å². The number of rotatable bonds is 4. The molecule has 0 atom stereocenters. The molecule has 0 spiro atoms. The van der Waals surface area contributed by atoms with Gasteiger partial charge in [-0.2, -0.15) is 0 Å². The van der Waals surface area contributed by atoms with E-state index in [1.165, 1.54) is 25.8 Å². The van der Waals surface area contributed by atoms with Crippen LogP contribution in [0.4, 0.5) is 0 Å². The second kappa shape index (κ2) is 12.2. The molecule has 0 fully saturated rings. The van der Waals surface area contributed by atoms with Gasteiger partial charge in [-0.15, -0.1) is 0 Å². The quantitative estimate of drug-likeness (QED) is 0.487. The molecule has 0 aliphatic carbocycles. The summed E-state index contributed by atoms with van der Waals surface area (Å²) < 4.78 is 0. The van der Waals surface area contributed by atoms with Crippen molar-refractivity contribution < 1.29 is 4.79 Å². The maximum absolute atomic E-state index is 10.2. The van der Waals surface area contributed by atoms with Crippen molar-refractivity contribution in [1.82, 2.24) is 0 Å². The molecular formula is C13H24O. The second-order valence-electron chi connectivity index (χ2n) is 3.68. The van der Waals surface area contributed by atoms with Crippen LogP contribution in [-0.4, -0.2) is 5.78 Å². The van der Waals surface area contributed by atoms with Gasteiger partial charge in [-0.05, 0) is 25.8 Å². The number of hydrogen-bond acceptors (Lipinski definition) is 1. The summed E-state index contributed by atoms with van der Waals surface area (Å²) in [5, 5.41) is 0. The minimum Gasteiger partial charge on any atom is -0.295 e. The van der Waals surface area contributed by atoms with E-state index in [1.54, 1.807) is 6.08 Å². The van der Waals surface area contributed by atoms with E-state index in [-0.39, 0.29) is 5.78 Å². The van der Waals surface area contributed by atoms with E-state index in [1.807, 2.05) is 19.1 Å². The number of ketones is 1. The molecule has 0 amide bonds. The molecule has 0 N–H and O–H groups in total. The Morgan fingerprint density at radius 2 is 1.86 bits per heavy atom. The number of hydrogen-bond donors (Lipinski definition) is 0. The summed E-state index contributed by atoms with van der Waals surface area (Å²) in [6.45, 7) is 10.2. The van der Waals surface area contributed by atoms with E-state index in [2.05, 4.69) is 20.8 Å². The summed E-state index contributed by atoms with van der Waals surface area (Å²) in [4.78, 5) is 10.2. The van der Waals surface area contributed by atoms with Gasteiger partial charge >= 0.3 is 0 Å². The fourth-order valence-electron chi connectivity index (χ4n) is 0.880. The minimum atomic E-state index is 0.0862. The lowest BCUT2D eigenvalue weighted by molar-refractivity contribution is -0.112. The van der Waals surface area contributed by atoms with Gasteiger partial charge in [0.25, 0.3) is 0 Å². The normalized spacial score (nSPS) is 10.7. The molecule has 0 aliphatic rings. The van der Waals surface area contributed by atoms with Crippen molar-refractivity contribution in [3.05, 3.63) is 24.3 Å². The Morgan fingerprint density at radius 1 is 1.29 bits per heavy atom. The summed E-state index contributed by atoms with van der Waals surface area (Å²) in [5.41, 5.74) is 0. The van der Waals surface area contributed by atoms with Crippen LogP contribution in [0.3, 0.4) is 0 Å². The van der Waals surface area contributed by atoms with Crippen LogP contribution in [0, 0.1) is 5.92 Å². The van der Waals surface area contributed by atoms with Crippen molar-refractivity contribution in [2.24, 2.45) is 5.92 Å².